The summed E-state index contributed by atoms with van der Waals surface area (Å²) in [4.78, 5) is 10.9. The van der Waals surface area contributed by atoms with Crippen molar-refractivity contribution in [1.29, 1.82) is 0 Å². The molecule has 0 aliphatic carbocycles. The second kappa shape index (κ2) is 1.95. The molecule has 2 heterocycles. The van der Waals surface area contributed by atoms with Crippen molar-refractivity contribution in [2.45, 2.75) is 37.0 Å². The first-order valence-electron chi connectivity index (χ1n) is 3.87. The molecule has 4 N–H and O–H groups in total. The maximum Gasteiger partial charge on any atom is 0.240 e. The van der Waals surface area contributed by atoms with Gasteiger partial charge in [-0.25, -0.2) is 0 Å². The third kappa shape index (κ3) is 0.795. The number of amides is 1. The van der Waals surface area contributed by atoms with Gasteiger partial charge < -0.3 is 16.2 Å². The first-order valence-corrected chi connectivity index (χ1v) is 3.87. The molecule has 0 saturated carbocycles. The Kier molecular flexibility index (Phi) is 1.25. The lowest BCUT2D eigenvalue weighted by molar-refractivity contribution is -0.124. The van der Waals surface area contributed by atoms with E-state index in [2.05, 4.69) is 0 Å². The fourth-order valence-electron chi connectivity index (χ4n) is 2.00. The molecule has 2 aliphatic heterocycles. The Balaban J connectivity index is 2.23. The van der Waals surface area contributed by atoms with Crippen LogP contribution < -0.4 is 11.5 Å². The monoisotopic (exact) mass is 156 g/mol. The van der Waals surface area contributed by atoms with Crippen molar-refractivity contribution in [2.75, 3.05) is 0 Å². The van der Waals surface area contributed by atoms with E-state index in [4.69, 9.17) is 16.2 Å². The predicted molar refractivity (Wildman–Crippen MR) is 38.6 cm³/mol. The fraction of sp³-hybridized carbons (Fsp3) is 0.857. The Labute approximate surface area is 64.9 Å². The van der Waals surface area contributed by atoms with Crippen LogP contribution in [0.4, 0.5) is 0 Å². The molecule has 4 nitrogen and oxygen atoms in total. The van der Waals surface area contributed by atoms with E-state index in [1.807, 2.05) is 0 Å². The van der Waals surface area contributed by atoms with E-state index in [0.717, 1.165) is 12.8 Å². The van der Waals surface area contributed by atoms with Gasteiger partial charge in [-0.2, -0.15) is 0 Å². The minimum Gasteiger partial charge on any atom is -0.372 e. The van der Waals surface area contributed by atoms with E-state index in [1.165, 1.54) is 0 Å². The van der Waals surface area contributed by atoms with Gasteiger partial charge in [0.25, 0.3) is 0 Å². The van der Waals surface area contributed by atoms with Gasteiger partial charge in [0.05, 0.1) is 12.2 Å². The smallest absolute Gasteiger partial charge is 0.240 e. The van der Waals surface area contributed by atoms with Crippen LogP contribution in [0, 0.1) is 0 Å². The van der Waals surface area contributed by atoms with Crippen LogP contribution in [0.25, 0.3) is 0 Å². The molecule has 1 amide bonds. The van der Waals surface area contributed by atoms with Crippen LogP contribution in [0.2, 0.25) is 0 Å². The van der Waals surface area contributed by atoms with Gasteiger partial charge >= 0.3 is 0 Å². The minimum absolute atomic E-state index is 0.120. The second-order valence-corrected chi connectivity index (χ2v) is 3.43. The van der Waals surface area contributed by atoms with Gasteiger partial charge in [0.2, 0.25) is 5.91 Å². The van der Waals surface area contributed by atoms with E-state index in [-0.39, 0.29) is 12.2 Å². The summed E-state index contributed by atoms with van der Waals surface area (Å²) in [7, 11) is 0. The molecular formula is C7H12N2O2. The van der Waals surface area contributed by atoms with E-state index < -0.39 is 11.4 Å². The van der Waals surface area contributed by atoms with Gasteiger partial charge in [-0.15, -0.1) is 0 Å². The Morgan fingerprint density at radius 3 is 2.55 bits per heavy atom. The molecule has 0 aromatic carbocycles. The first-order chi connectivity index (χ1) is 5.13. The molecule has 2 bridgehead atoms. The number of carbonyl (C=O) groups excluding carboxylic acids is 1. The van der Waals surface area contributed by atoms with Crippen LogP contribution in [0.3, 0.4) is 0 Å². The molecule has 0 aromatic rings. The topological polar surface area (TPSA) is 78.3 Å². The van der Waals surface area contributed by atoms with Gasteiger partial charge in [0.1, 0.15) is 5.54 Å². The Morgan fingerprint density at radius 1 is 1.55 bits per heavy atom. The number of hydrogen-bond acceptors (Lipinski definition) is 3. The highest BCUT2D eigenvalue weighted by Crippen LogP contribution is 2.39. The van der Waals surface area contributed by atoms with Gasteiger partial charge in [-0.05, 0) is 12.8 Å². The third-order valence-electron chi connectivity index (χ3n) is 2.71. The largest absolute Gasteiger partial charge is 0.372 e. The summed E-state index contributed by atoms with van der Waals surface area (Å²) >= 11 is 0. The van der Waals surface area contributed by atoms with Crippen molar-refractivity contribution in [2.24, 2.45) is 11.5 Å². The quantitative estimate of drug-likeness (QED) is 0.517. The summed E-state index contributed by atoms with van der Waals surface area (Å²) in [5, 5.41) is 0. The number of hydrogen-bond donors (Lipinski definition) is 2. The summed E-state index contributed by atoms with van der Waals surface area (Å²) in [5.74, 6) is -0.426. The highest BCUT2D eigenvalue weighted by Gasteiger charge is 2.53. The zero-order valence-electron chi connectivity index (χ0n) is 6.25. The average Bonchev–Trinajstić information content (AvgIpc) is 2.45. The zero-order valence-corrected chi connectivity index (χ0v) is 6.25. The number of fused-ring (bicyclic) bond motifs is 2. The van der Waals surface area contributed by atoms with Crippen LogP contribution in [-0.2, 0) is 9.53 Å². The summed E-state index contributed by atoms with van der Waals surface area (Å²) in [6.07, 6.45) is 2.57. The molecule has 3 atom stereocenters. The van der Waals surface area contributed by atoms with Crippen LogP contribution in [-0.4, -0.2) is 23.7 Å². The van der Waals surface area contributed by atoms with Crippen LogP contribution >= 0.6 is 0 Å². The Morgan fingerprint density at radius 2 is 2.27 bits per heavy atom. The molecular weight excluding hydrogens is 144 g/mol. The van der Waals surface area contributed by atoms with Crippen molar-refractivity contribution in [3.63, 3.8) is 0 Å². The Hall–Kier alpha value is -0.610. The summed E-state index contributed by atoms with van der Waals surface area (Å²) < 4.78 is 5.42. The van der Waals surface area contributed by atoms with Crippen molar-refractivity contribution in [3.8, 4) is 0 Å². The predicted octanol–water partition coefficient (Wildman–Crippen LogP) is -0.880. The standard InChI is InChI=1S/C7H12N2O2/c8-6(10)7(9)3-4-1-2-5(7)11-4/h4-5H,1-3,9H2,(H2,8,10)/t4-,5+,7+/m1/s1. The van der Waals surface area contributed by atoms with Crippen molar-refractivity contribution in [3.05, 3.63) is 0 Å². The zero-order chi connectivity index (χ0) is 8.06. The molecule has 0 spiro atoms. The molecule has 62 valence electrons. The number of rotatable bonds is 1. The lowest BCUT2D eigenvalue weighted by Gasteiger charge is -2.26. The average molecular weight is 156 g/mol. The lowest BCUT2D eigenvalue weighted by atomic mass is 9.82. The molecule has 2 rings (SSSR count). The second-order valence-electron chi connectivity index (χ2n) is 3.43. The summed E-state index contributed by atoms with van der Waals surface area (Å²) in [6.45, 7) is 0. The van der Waals surface area contributed by atoms with Crippen LogP contribution in [0.15, 0.2) is 0 Å². The third-order valence-corrected chi connectivity index (χ3v) is 2.71. The molecule has 0 aromatic heterocycles. The maximum atomic E-state index is 10.9. The van der Waals surface area contributed by atoms with Gasteiger partial charge in [0.15, 0.2) is 0 Å². The van der Waals surface area contributed by atoms with Gasteiger partial charge in [-0.1, -0.05) is 0 Å². The highest BCUT2D eigenvalue weighted by atomic mass is 16.5. The molecule has 0 radical (unpaired) electrons. The van der Waals surface area contributed by atoms with Gasteiger partial charge in [0, 0.05) is 6.42 Å². The van der Waals surface area contributed by atoms with E-state index in [1.54, 1.807) is 0 Å². The summed E-state index contributed by atoms with van der Waals surface area (Å²) in [5.41, 5.74) is 10.1. The molecule has 4 heteroatoms. The fourth-order valence-corrected chi connectivity index (χ4v) is 2.00. The van der Waals surface area contributed by atoms with Crippen molar-refractivity contribution < 1.29 is 9.53 Å². The van der Waals surface area contributed by atoms with E-state index in [0.29, 0.717) is 6.42 Å². The van der Waals surface area contributed by atoms with Crippen LogP contribution in [0.1, 0.15) is 19.3 Å². The van der Waals surface area contributed by atoms with E-state index in [9.17, 15) is 4.79 Å². The Bertz CT molecular complexity index is 207. The van der Waals surface area contributed by atoms with E-state index >= 15 is 0 Å². The number of primary amides is 1. The minimum atomic E-state index is -0.872. The molecule has 11 heavy (non-hydrogen) atoms. The normalized spacial score (nSPS) is 48.1. The lowest BCUT2D eigenvalue weighted by Crippen LogP contribution is -2.58. The SMILES string of the molecule is NC(=O)[C@]1(N)C[C@H]2CC[C@@H]1O2. The van der Waals surface area contributed by atoms with Crippen molar-refractivity contribution >= 4 is 5.91 Å². The molecule has 2 saturated heterocycles. The van der Waals surface area contributed by atoms with Gasteiger partial charge in [-0.3, -0.25) is 4.79 Å². The highest BCUT2D eigenvalue weighted by molar-refractivity contribution is 5.85. The van der Waals surface area contributed by atoms with Crippen molar-refractivity contribution in [1.82, 2.24) is 0 Å². The summed E-state index contributed by atoms with van der Waals surface area (Å²) in [6, 6.07) is 0. The maximum absolute atomic E-state index is 10.9. The number of carbonyl (C=O) groups is 1. The number of ether oxygens (including phenoxy) is 1. The molecule has 0 unspecified atom stereocenters. The molecule has 2 aliphatic rings. The first kappa shape index (κ1) is 7.06. The van der Waals surface area contributed by atoms with Crippen LogP contribution in [0.5, 0.6) is 0 Å². The number of nitrogens with two attached hydrogens (primary N) is 2. The molecule has 2 fully saturated rings.